The quantitative estimate of drug-likeness (QED) is 0.347. The number of amides is 1. The van der Waals surface area contributed by atoms with Crippen LogP contribution in [0.4, 0.5) is 5.13 Å². The Hall–Kier alpha value is -2.41. The first-order chi connectivity index (χ1) is 14.1. The van der Waals surface area contributed by atoms with Crippen molar-refractivity contribution >= 4 is 56.6 Å². The Morgan fingerprint density at radius 2 is 1.90 bits per heavy atom. The molecule has 7 heteroatoms. The number of fused-ring (bicyclic) bond motifs is 1. The van der Waals surface area contributed by atoms with Crippen molar-refractivity contribution in [1.29, 1.82) is 0 Å². The van der Waals surface area contributed by atoms with E-state index in [4.69, 9.17) is 11.6 Å². The van der Waals surface area contributed by atoms with Gasteiger partial charge in [-0.3, -0.25) is 4.79 Å². The molecule has 4 rings (SSSR count). The second-order valence-electron chi connectivity index (χ2n) is 6.39. The van der Waals surface area contributed by atoms with Gasteiger partial charge in [0.05, 0.1) is 21.5 Å². The Balaban J connectivity index is 1.45. The van der Waals surface area contributed by atoms with Crippen LogP contribution in [0.15, 0.2) is 71.1 Å². The molecule has 0 fully saturated rings. The first-order valence-electron chi connectivity index (χ1n) is 9.17. The highest BCUT2D eigenvalue weighted by Crippen LogP contribution is 2.29. The van der Waals surface area contributed by atoms with Crippen molar-refractivity contribution in [3.8, 4) is 11.3 Å². The summed E-state index contributed by atoms with van der Waals surface area (Å²) in [5.41, 5.74) is 2.71. The van der Waals surface area contributed by atoms with Gasteiger partial charge in [0, 0.05) is 21.4 Å². The number of nitrogens with zero attached hydrogens (tertiary/aromatic N) is 2. The fourth-order valence-corrected chi connectivity index (χ4v) is 4.62. The van der Waals surface area contributed by atoms with Gasteiger partial charge >= 0.3 is 0 Å². The molecule has 29 heavy (non-hydrogen) atoms. The van der Waals surface area contributed by atoms with E-state index in [0.29, 0.717) is 16.6 Å². The predicted molar refractivity (Wildman–Crippen MR) is 123 cm³/mol. The fourth-order valence-electron chi connectivity index (χ4n) is 2.85. The third-order valence-corrected chi connectivity index (χ3v) is 6.68. The number of thioether (sulfide) groups is 1. The Morgan fingerprint density at radius 3 is 2.69 bits per heavy atom. The summed E-state index contributed by atoms with van der Waals surface area (Å²) < 4.78 is 0. The van der Waals surface area contributed by atoms with E-state index in [0.717, 1.165) is 27.2 Å². The lowest BCUT2D eigenvalue weighted by Crippen LogP contribution is -2.24. The summed E-state index contributed by atoms with van der Waals surface area (Å²) in [6, 6.07) is 19.5. The highest BCUT2D eigenvalue weighted by molar-refractivity contribution is 8.00. The van der Waals surface area contributed by atoms with E-state index in [1.807, 2.05) is 73.0 Å². The molecule has 1 unspecified atom stereocenters. The molecule has 2 aromatic heterocycles. The average Bonchev–Trinajstić information content (AvgIpc) is 3.20. The molecule has 0 spiro atoms. The number of halogens is 1. The topological polar surface area (TPSA) is 54.9 Å². The van der Waals surface area contributed by atoms with Gasteiger partial charge in [-0.25, -0.2) is 9.97 Å². The van der Waals surface area contributed by atoms with Crippen LogP contribution in [0.2, 0.25) is 5.02 Å². The largest absolute Gasteiger partial charge is 0.301 e. The lowest BCUT2D eigenvalue weighted by Gasteiger charge is -2.13. The van der Waals surface area contributed by atoms with Gasteiger partial charge in [0.2, 0.25) is 5.91 Å². The molecule has 1 atom stereocenters. The zero-order chi connectivity index (χ0) is 20.2. The number of carbonyl (C=O) groups is 1. The second kappa shape index (κ2) is 8.95. The molecule has 0 aliphatic rings. The number of nitrogens with one attached hydrogen (secondary N) is 1. The van der Waals surface area contributed by atoms with Gasteiger partial charge in [0.25, 0.3) is 0 Å². The molecular weight excluding hydrogens is 422 g/mol. The molecule has 1 amide bonds. The normalized spacial score (nSPS) is 12.1. The van der Waals surface area contributed by atoms with Crippen molar-refractivity contribution in [3.63, 3.8) is 0 Å². The predicted octanol–water partition coefficient (Wildman–Crippen LogP) is 6.52. The summed E-state index contributed by atoms with van der Waals surface area (Å²) in [5.74, 6) is -0.0653. The van der Waals surface area contributed by atoms with E-state index in [1.54, 1.807) is 0 Å². The minimum atomic E-state index is -0.244. The first-order valence-corrected chi connectivity index (χ1v) is 11.3. The molecule has 0 aliphatic carbocycles. The van der Waals surface area contributed by atoms with Crippen LogP contribution in [0.25, 0.3) is 22.2 Å². The minimum Gasteiger partial charge on any atom is -0.301 e. The van der Waals surface area contributed by atoms with Crippen LogP contribution >= 0.6 is 34.7 Å². The standard InChI is InChI=1S/C22H18ClN3OS2/c1-2-19(29-20-12-9-14-5-3-4-6-17(14)24-20)21(27)26-22-25-18(13-28-22)15-7-10-16(23)11-8-15/h3-13,19H,2H2,1H3,(H,25,26,27). The summed E-state index contributed by atoms with van der Waals surface area (Å²) >= 11 is 8.83. The SMILES string of the molecule is CCC(Sc1ccc2ccccc2n1)C(=O)Nc1nc(-c2ccc(Cl)cc2)cs1. The summed E-state index contributed by atoms with van der Waals surface area (Å²) in [6.07, 6.45) is 0.695. The van der Waals surface area contributed by atoms with Gasteiger partial charge in [0.15, 0.2) is 5.13 Å². The molecule has 2 aromatic carbocycles. The lowest BCUT2D eigenvalue weighted by atomic mass is 10.2. The van der Waals surface area contributed by atoms with Crippen molar-refractivity contribution in [2.45, 2.75) is 23.6 Å². The van der Waals surface area contributed by atoms with Gasteiger partial charge in [-0.15, -0.1) is 11.3 Å². The molecule has 1 N–H and O–H groups in total. The fraction of sp³-hybridized carbons (Fsp3) is 0.136. The number of benzene rings is 2. The maximum atomic E-state index is 12.8. The molecule has 4 nitrogen and oxygen atoms in total. The third kappa shape index (κ3) is 4.78. The maximum absolute atomic E-state index is 12.8. The molecule has 0 bridgehead atoms. The Labute approximate surface area is 182 Å². The lowest BCUT2D eigenvalue weighted by molar-refractivity contribution is -0.115. The van der Waals surface area contributed by atoms with Crippen molar-refractivity contribution in [3.05, 3.63) is 71.1 Å². The number of rotatable bonds is 6. The molecule has 4 aromatic rings. The van der Waals surface area contributed by atoms with Gasteiger partial charge in [-0.1, -0.05) is 66.7 Å². The molecule has 0 saturated heterocycles. The van der Waals surface area contributed by atoms with E-state index >= 15 is 0 Å². The Kier molecular flexibility index (Phi) is 6.13. The van der Waals surface area contributed by atoms with Crippen LogP contribution in [0.1, 0.15) is 13.3 Å². The molecule has 0 saturated carbocycles. The maximum Gasteiger partial charge on any atom is 0.239 e. The zero-order valence-electron chi connectivity index (χ0n) is 15.6. The number of aromatic nitrogens is 2. The number of pyridine rings is 1. The number of hydrogen-bond acceptors (Lipinski definition) is 5. The van der Waals surface area contributed by atoms with Crippen molar-refractivity contribution in [2.75, 3.05) is 5.32 Å². The van der Waals surface area contributed by atoms with Crippen LogP contribution in [-0.2, 0) is 4.79 Å². The summed E-state index contributed by atoms with van der Waals surface area (Å²) in [7, 11) is 0. The highest BCUT2D eigenvalue weighted by atomic mass is 35.5. The van der Waals surface area contributed by atoms with Crippen LogP contribution in [0.5, 0.6) is 0 Å². The Morgan fingerprint density at radius 1 is 1.10 bits per heavy atom. The van der Waals surface area contributed by atoms with E-state index in [1.165, 1.54) is 23.1 Å². The van der Waals surface area contributed by atoms with E-state index in [2.05, 4.69) is 15.3 Å². The van der Waals surface area contributed by atoms with Crippen molar-refractivity contribution in [1.82, 2.24) is 9.97 Å². The number of anilines is 1. The smallest absolute Gasteiger partial charge is 0.239 e. The highest BCUT2D eigenvalue weighted by Gasteiger charge is 2.20. The third-order valence-electron chi connectivity index (χ3n) is 4.37. The minimum absolute atomic E-state index is 0.0653. The summed E-state index contributed by atoms with van der Waals surface area (Å²) in [5, 5.41) is 7.83. The number of carbonyl (C=O) groups excluding carboxylic acids is 1. The molecule has 0 radical (unpaired) electrons. The monoisotopic (exact) mass is 439 g/mol. The number of hydrogen-bond donors (Lipinski definition) is 1. The molecule has 2 heterocycles. The number of para-hydroxylation sites is 1. The van der Waals surface area contributed by atoms with Crippen LogP contribution in [0, 0.1) is 0 Å². The molecule has 146 valence electrons. The molecular formula is C22H18ClN3OS2. The molecule has 0 aliphatic heterocycles. The van der Waals surface area contributed by atoms with Crippen LogP contribution in [0.3, 0.4) is 0 Å². The van der Waals surface area contributed by atoms with E-state index in [-0.39, 0.29) is 11.2 Å². The van der Waals surface area contributed by atoms with Crippen LogP contribution in [-0.4, -0.2) is 21.1 Å². The van der Waals surface area contributed by atoms with Crippen LogP contribution < -0.4 is 5.32 Å². The second-order valence-corrected chi connectivity index (χ2v) is 8.91. The summed E-state index contributed by atoms with van der Waals surface area (Å²) in [4.78, 5) is 22.0. The Bertz CT molecular complexity index is 1140. The van der Waals surface area contributed by atoms with Gasteiger partial charge in [-0.05, 0) is 30.7 Å². The van der Waals surface area contributed by atoms with Gasteiger partial charge in [0.1, 0.15) is 0 Å². The van der Waals surface area contributed by atoms with E-state index < -0.39 is 0 Å². The van der Waals surface area contributed by atoms with Gasteiger partial charge in [-0.2, -0.15) is 0 Å². The van der Waals surface area contributed by atoms with Crippen molar-refractivity contribution < 1.29 is 4.79 Å². The first kappa shape index (κ1) is 19.9. The average molecular weight is 440 g/mol. The van der Waals surface area contributed by atoms with Gasteiger partial charge < -0.3 is 5.32 Å². The summed E-state index contributed by atoms with van der Waals surface area (Å²) in [6.45, 7) is 2.00. The van der Waals surface area contributed by atoms with Crippen molar-refractivity contribution in [2.24, 2.45) is 0 Å². The number of thiazole rings is 1. The van der Waals surface area contributed by atoms with E-state index in [9.17, 15) is 4.79 Å². The zero-order valence-corrected chi connectivity index (χ0v) is 18.0.